The van der Waals surface area contributed by atoms with Crippen molar-refractivity contribution in [2.75, 3.05) is 12.0 Å². The Balaban J connectivity index is 3.31. The van der Waals surface area contributed by atoms with Crippen LogP contribution in [0.1, 0.15) is 10.4 Å². The first-order valence-corrected chi connectivity index (χ1v) is 4.53. The van der Waals surface area contributed by atoms with Gasteiger partial charge in [0.25, 0.3) is 0 Å². The lowest BCUT2D eigenvalue weighted by atomic mass is 10.2. The van der Waals surface area contributed by atoms with E-state index in [2.05, 4.69) is 0 Å². The van der Waals surface area contributed by atoms with Crippen LogP contribution in [-0.2, 0) is 0 Å². The van der Waals surface area contributed by atoms with E-state index in [1.807, 2.05) is 6.26 Å². The molecule has 3 N–H and O–H groups in total. The van der Waals surface area contributed by atoms with E-state index in [-0.39, 0.29) is 11.3 Å². The van der Waals surface area contributed by atoms with E-state index in [1.54, 1.807) is 6.07 Å². The summed E-state index contributed by atoms with van der Waals surface area (Å²) in [6.45, 7) is 0. The highest BCUT2D eigenvalue weighted by atomic mass is 32.2. The minimum Gasteiger partial charge on any atom is -0.506 e. The van der Waals surface area contributed by atoms with Gasteiger partial charge in [-0.2, -0.15) is 0 Å². The lowest BCUT2D eigenvalue weighted by Crippen LogP contribution is -1.90. The number of carbonyl (C=O) groups excluding carboxylic acids is 1. The molecule has 0 aliphatic rings. The molecule has 0 saturated heterocycles. The minimum absolute atomic E-state index is 0.00620. The molecule has 1 aromatic carbocycles. The number of aromatic hydroxyl groups is 1. The number of carbonyl (C=O) groups is 1. The van der Waals surface area contributed by atoms with Crippen molar-refractivity contribution in [3.63, 3.8) is 0 Å². The Morgan fingerprint density at radius 3 is 2.75 bits per heavy atom. The normalized spacial score (nSPS) is 9.75. The number of nitrogen functional groups attached to an aromatic ring is 1. The third kappa shape index (κ3) is 1.53. The Morgan fingerprint density at radius 2 is 2.25 bits per heavy atom. The fourth-order valence-electron chi connectivity index (χ4n) is 0.897. The fraction of sp³-hybridized carbons (Fsp3) is 0.125. The molecule has 0 amide bonds. The van der Waals surface area contributed by atoms with Crippen LogP contribution < -0.4 is 5.73 Å². The second kappa shape index (κ2) is 3.49. The molecule has 0 atom stereocenters. The molecule has 0 aliphatic heterocycles. The van der Waals surface area contributed by atoms with Gasteiger partial charge in [-0.1, -0.05) is 0 Å². The molecule has 0 spiro atoms. The van der Waals surface area contributed by atoms with Gasteiger partial charge in [0, 0.05) is 5.69 Å². The van der Waals surface area contributed by atoms with Crippen molar-refractivity contribution >= 4 is 23.7 Å². The molecule has 0 aromatic heterocycles. The number of aldehydes is 1. The zero-order chi connectivity index (χ0) is 9.14. The van der Waals surface area contributed by atoms with Crippen LogP contribution in [-0.4, -0.2) is 17.6 Å². The smallest absolute Gasteiger partial charge is 0.153 e. The highest BCUT2D eigenvalue weighted by molar-refractivity contribution is 7.98. The van der Waals surface area contributed by atoms with Crippen LogP contribution in [0, 0.1) is 0 Å². The first-order chi connectivity index (χ1) is 5.69. The predicted molar refractivity (Wildman–Crippen MR) is 49.7 cm³/mol. The highest BCUT2D eigenvalue weighted by Gasteiger charge is 2.06. The van der Waals surface area contributed by atoms with Crippen LogP contribution in [0.15, 0.2) is 17.0 Å². The van der Waals surface area contributed by atoms with Crippen LogP contribution in [0.5, 0.6) is 5.75 Å². The molecule has 4 heteroatoms. The second-order valence-electron chi connectivity index (χ2n) is 2.28. The zero-order valence-electron chi connectivity index (χ0n) is 6.57. The van der Waals surface area contributed by atoms with Crippen LogP contribution in [0.4, 0.5) is 5.69 Å². The average Bonchev–Trinajstić information content (AvgIpc) is 2.08. The third-order valence-electron chi connectivity index (χ3n) is 1.47. The van der Waals surface area contributed by atoms with Gasteiger partial charge >= 0.3 is 0 Å². The Bertz CT molecular complexity index is 312. The minimum atomic E-state index is 0.00620. The SMILES string of the molecule is CSc1cc(N)cc(C=O)c1O. The molecular weight excluding hydrogens is 174 g/mol. The molecule has 0 bridgehead atoms. The molecule has 0 heterocycles. The van der Waals surface area contributed by atoms with Crippen molar-refractivity contribution < 1.29 is 9.90 Å². The maximum Gasteiger partial charge on any atom is 0.153 e. The van der Waals surface area contributed by atoms with Crippen LogP contribution in [0.3, 0.4) is 0 Å². The standard InChI is InChI=1S/C8H9NO2S/c1-12-7-3-6(9)2-5(4-10)8(7)11/h2-4,11H,9H2,1H3. The number of thioether (sulfide) groups is 1. The van der Waals surface area contributed by atoms with E-state index >= 15 is 0 Å². The molecule has 3 nitrogen and oxygen atoms in total. The van der Waals surface area contributed by atoms with Gasteiger partial charge in [-0.05, 0) is 18.4 Å². The summed E-state index contributed by atoms with van der Waals surface area (Å²) >= 11 is 1.35. The van der Waals surface area contributed by atoms with Crippen molar-refractivity contribution in [3.8, 4) is 5.75 Å². The molecule has 0 aliphatic carbocycles. The average molecular weight is 183 g/mol. The quantitative estimate of drug-likeness (QED) is 0.316. The van der Waals surface area contributed by atoms with E-state index in [0.29, 0.717) is 16.9 Å². The molecule has 1 rings (SSSR count). The van der Waals surface area contributed by atoms with Gasteiger partial charge in [0.05, 0.1) is 10.5 Å². The van der Waals surface area contributed by atoms with E-state index in [0.717, 1.165) is 0 Å². The summed E-state index contributed by atoms with van der Waals surface area (Å²) in [5.74, 6) is 0.00620. The summed E-state index contributed by atoms with van der Waals surface area (Å²) in [7, 11) is 0. The maximum absolute atomic E-state index is 10.4. The highest BCUT2D eigenvalue weighted by Crippen LogP contribution is 2.31. The lowest BCUT2D eigenvalue weighted by Gasteiger charge is -2.04. The molecule has 0 radical (unpaired) electrons. The molecule has 0 saturated carbocycles. The summed E-state index contributed by atoms with van der Waals surface area (Å²) in [6, 6.07) is 3.08. The molecule has 12 heavy (non-hydrogen) atoms. The number of rotatable bonds is 2. The molecule has 0 fully saturated rings. The van der Waals surface area contributed by atoms with Crippen molar-refractivity contribution in [3.05, 3.63) is 17.7 Å². The van der Waals surface area contributed by atoms with E-state index in [9.17, 15) is 9.90 Å². The largest absolute Gasteiger partial charge is 0.506 e. The monoisotopic (exact) mass is 183 g/mol. The number of phenolic OH excluding ortho intramolecular Hbond substituents is 1. The van der Waals surface area contributed by atoms with Gasteiger partial charge in [0.2, 0.25) is 0 Å². The predicted octanol–water partition coefficient (Wildman–Crippen LogP) is 1.51. The first-order valence-electron chi connectivity index (χ1n) is 3.30. The Kier molecular flexibility index (Phi) is 2.60. The maximum atomic E-state index is 10.4. The van der Waals surface area contributed by atoms with Crippen LogP contribution >= 0.6 is 11.8 Å². The molecule has 0 unspecified atom stereocenters. The lowest BCUT2D eigenvalue weighted by molar-refractivity contribution is 0.112. The van der Waals surface area contributed by atoms with E-state index in [4.69, 9.17) is 5.73 Å². The number of anilines is 1. The van der Waals surface area contributed by atoms with Crippen molar-refractivity contribution in [2.24, 2.45) is 0 Å². The summed E-state index contributed by atoms with van der Waals surface area (Å²) < 4.78 is 0. The fourth-order valence-corrected chi connectivity index (χ4v) is 1.46. The van der Waals surface area contributed by atoms with Gasteiger partial charge in [0.1, 0.15) is 5.75 Å². The Labute approximate surface area is 74.6 Å². The molecule has 64 valence electrons. The van der Waals surface area contributed by atoms with Crippen LogP contribution in [0.2, 0.25) is 0 Å². The number of hydrogen-bond donors (Lipinski definition) is 2. The summed E-state index contributed by atoms with van der Waals surface area (Å²) in [4.78, 5) is 11.0. The van der Waals surface area contributed by atoms with Gasteiger partial charge in [-0.25, -0.2) is 0 Å². The van der Waals surface area contributed by atoms with Crippen molar-refractivity contribution in [1.29, 1.82) is 0 Å². The molecular formula is C8H9NO2S. The van der Waals surface area contributed by atoms with Gasteiger partial charge < -0.3 is 10.8 Å². The topological polar surface area (TPSA) is 63.3 Å². The van der Waals surface area contributed by atoms with Gasteiger partial charge in [-0.3, -0.25) is 4.79 Å². The zero-order valence-corrected chi connectivity index (χ0v) is 7.39. The summed E-state index contributed by atoms with van der Waals surface area (Å²) in [6.07, 6.45) is 2.40. The number of hydrogen-bond acceptors (Lipinski definition) is 4. The number of nitrogens with two attached hydrogens (primary N) is 1. The van der Waals surface area contributed by atoms with Crippen molar-refractivity contribution in [1.82, 2.24) is 0 Å². The molecule has 1 aromatic rings. The number of phenols is 1. The summed E-state index contributed by atoms with van der Waals surface area (Å²) in [5.41, 5.74) is 6.22. The summed E-state index contributed by atoms with van der Waals surface area (Å²) in [5, 5.41) is 9.41. The first kappa shape index (κ1) is 8.93. The van der Waals surface area contributed by atoms with Gasteiger partial charge in [0.15, 0.2) is 6.29 Å². The Hall–Kier alpha value is -1.16. The second-order valence-corrected chi connectivity index (χ2v) is 3.13. The third-order valence-corrected chi connectivity index (χ3v) is 2.22. The van der Waals surface area contributed by atoms with Crippen LogP contribution in [0.25, 0.3) is 0 Å². The van der Waals surface area contributed by atoms with E-state index < -0.39 is 0 Å². The van der Waals surface area contributed by atoms with Gasteiger partial charge in [-0.15, -0.1) is 11.8 Å². The Morgan fingerprint density at radius 1 is 1.58 bits per heavy atom. The van der Waals surface area contributed by atoms with Crippen molar-refractivity contribution in [2.45, 2.75) is 4.90 Å². The number of benzene rings is 1. The van der Waals surface area contributed by atoms with E-state index in [1.165, 1.54) is 17.8 Å².